The fourth-order valence-electron chi connectivity index (χ4n) is 2.74. The van der Waals surface area contributed by atoms with Crippen LogP contribution in [0.2, 0.25) is 0 Å². The van der Waals surface area contributed by atoms with Crippen molar-refractivity contribution in [3.05, 3.63) is 11.1 Å². The topological polar surface area (TPSA) is 124 Å². The van der Waals surface area contributed by atoms with Gasteiger partial charge in [-0.3, -0.25) is 9.69 Å². The second-order valence-corrected chi connectivity index (χ2v) is 7.32. The fraction of sp³-hybridized carbons (Fsp3) is 0.583. The van der Waals surface area contributed by atoms with Crippen molar-refractivity contribution in [1.29, 1.82) is 0 Å². The Morgan fingerprint density at radius 3 is 2.92 bits per heavy atom. The van der Waals surface area contributed by atoms with Crippen LogP contribution in [-0.4, -0.2) is 59.8 Å². The van der Waals surface area contributed by atoms with Crippen molar-refractivity contribution >= 4 is 35.4 Å². The molecule has 2 atom stereocenters. The maximum Gasteiger partial charge on any atom is 1.00 e. The Kier molecular flexibility index (Phi) is 6.37. The SMILES string of the molecule is Cn1nnnc1SCCC[C@]1(CO)C(=O)N2C(C(=O)[O-])=CS[C@@H]21.[Na+]. The van der Waals surface area contributed by atoms with Gasteiger partial charge in [0.2, 0.25) is 11.1 Å². The maximum absolute atomic E-state index is 12.4. The van der Waals surface area contributed by atoms with E-state index in [1.165, 1.54) is 33.8 Å². The van der Waals surface area contributed by atoms with Crippen LogP contribution in [0.15, 0.2) is 16.3 Å². The predicted molar refractivity (Wildman–Crippen MR) is 79.6 cm³/mol. The molecule has 0 aromatic carbocycles. The van der Waals surface area contributed by atoms with Crippen LogP contribution in [0.5, 0.6) is 0 Å². The van der Waals surface area contributed by atoms with Crippen LogP contribution >= 0.6 is 23.5 Å². The number of fused-ring (bicyclic) bond motifs is 1. The molecule has 0 aliphatic carbocycles. The summed E-state index contributed by atoms with van der Waals surface area (Å²) >= 11 is 2.71. The van der Waals surface area contributed by atoms with Gasteiger partial charge in [0.15, 0.2) is 0 Å². The first-order valence-corrected chi connectivity index (χ1v) is 8.81. The van der Waals surface area contributed by atoms with Crippen LogP contribution in [-0.2, 0) is 16.6 Å². The van der Waals surface area contributed by atoms with E-state index in [9.17, 15) is 19.8 Å². The van der Waals surface area contributed by atoms with Crippen molar-refractivity contribution in [1.82, 2.24) is 25.1 Å². The summed E-state index contributed by atoms with van der Waals surface area (Å²) in [5.41, 5.74) is -1.04. The molecule has 2 aliphatic heterocycles. The van der Waals surface area contributed by atoms with Gasteiger partial charge in [0.25, 0.3) is 0 Å². The Bertz CT molecular complexity index is 684. The number of hydrogen-bond donors (Lipinski definition) is 1. The van der Waals surface area contributed by atoms with Gasteiger partial charge < -0.3 is 15.0 Å². The molecule has 24 heavy (non-hydrogen) atoms. The molecule has 0 unspecified atom stereocenters. The van der Waals surface area contributed by atoms with Crippen LogP contribution in [0.4, 0.5) is 0 Å². The standard InChI is InChI=1S/C12H15N5O4S2.Na/c1-16-11(13-14-15-16)22-4-2-3-12(6-18)9(21)17-7(8(19)20)5-23-10(12)17;/h5,10,18H,2-4,6H2,1H3,(H,19,20);/q;+1/p-1/t10-,12+;/m1./s1. The van der Waals surface area contributed by atoms with Gasteiger partial charge >= 0.3 is 29.6 Å². The Morgan fingerprint density at radius 1 is 1.58 bits per heavy atom. The second kappa shape index (κ2) is 7.75. The number of thioether (sulfide) groups is 2. The molecule has 0 saturated carbocycles. The zero-order valence-corrected chi connectivity index (χ0v) is 16.8. The number of carboxylic acids is 1. The first kappa shape index (κ1) is 19.7. The van der Waals surface area contributed by atoms with Gasteiger partial charge in [-0.25, -0.2) is 4.68 Å². The van der Waals surface area contributed by atoms with Crippen LogP contribution < -0.4 is 34.7 Å². The molecule has 1 fully saturated rings. The molecule has 1 aromatic heterocycles. The number of tetrazole rings is 1. The molecule has 12 heteroatoms. The van der Waals surface area contributed by atoms with Crippen LogP contribution in [0.3, 0.4) is 0 Å². The predicted octanol–water partition coefficient (Wildman–Crippen LogP) is -4.43. The fourth-order valence-corrected chi connectivity index (χ4v) is 4.88. The summed E-state index contributed by atoms with van der Waals surface area (Å²) < 4.78 is 1.56. The van der Waals surface area contributed by atoms with Gasteiger partial charge in [-0.1, -0.05) is 11.8 Å². The summed E-state index contributed by atoms with van der Waals surface area (Å²) in [7, 11) is 1.74. The normalized spacial score (nSPS) is 24.9. The summed E-state index contributed by atoms with van der Waals surface area (Å²) in [5.74, 6) is -1.03. The van der Waals surface area contributed by atoms with Crippen LogP contribution in [0.25, 0.3) is 0 Å². The van der Waals surface area contributed by atoms with Gasteiger partial charge in [-0.15, -0.1) is 16.9 Å². The average molecular weight is 379 g/mol. The molecule has 3 heterocycles. The van der Waals surface area contributed by atoms with E-state index >= 15 is 0 Å². The van der Waals surface area contributed by atoms with Crippen molar-refractivity contribution in [2.45, 2.75) is 23.4 Å². The van der Waals surface area contributed by atoms with Gasteiger partial charge in [0.1, 0.15) is 10.8 Å². The summed E-state index contributed by atoms with van der Waals surface area (Å²) in [6.45, 7) is -0.301. The van der Waals surface area contributed by atoms with Crippen molar-refractivity contribution < 1.29 is 49.4 Å². The number of aliphatic hydroxyl groups excluding tert-OH is 1. The number of aryl methyl sites for hydroxylation is 1. The molecule has 0 bridgehead atoms. The Hall–Kier alpha value is -0.590. The average Bonchev–Trinajstić information content (AvgIpc) is 3.12. The minimum Gasteiger partial charge on any atom is -0.543 e. The number of aromatic nitrogens is 4. The van der Waals surface area contributed by atoms with E-state index < -0.39 is 11.4 Å². The van der Waals surface area contributed by atoms with E-state index in [-0.39, 0.29) is 53.1 Å². The molecule has 2 aliphatic rings. The quantitative estimate of drug-likeness (QED) is 0.216. The third-order valence-corrected chi connectivity index (χ3v) is 6.37. The second-order valence-electron chi connectivity index (χ2n) is 5.31. The minimum absolute atomic E-state index is 0. The Morgan fingerprint density at radius 2 is 2.33 bits per heavy atom. The molecular formula is C12H14N5NaO4S2. The third kappa shape index (κ3) is 3.13. The third-order valence-electron chi connectivity index (χ3n) is 3.99. The smallest absolute Gasteiger partial charge is 0.543 e. The van der Waals surface area contributed by atoms with Gasteiger partial charge in [0.05, 0.1) is 18.3 Å². The molecule has 1 amide bonds. The first-order chi connectivity index (χ1) is 11.0. The number of carbonyl (C=O) groups excluding carboxylic acids is 2. The number of aliphatic hydroxyl groups is 1. The number of aliphatic carboxylic acids is 1. The molecule has 0 radical (unpaired) electrons. The number of carboxylic acid groups (broad SMARTS) is 1. The summed E-state index contributed by atoms with van der Waals surface area (Å²) in [5, 5.41) is 33.6. The number of β-lactam (4-membered cyclic amide) rings is 1. The monoisotopic (exact) mass is 379 g/mol. The van der Waals surface area contributed by atoms with Gasteiger partial charge in [-0.2, -0.15) is 0 Å². The number of rotatable bonds is 7. The molecule has 1 N–H and O–H groups in total. The molecule has 1 saturated heterocycles. The van der Waals surface area contributed by atoms with Crippen molar-refractivity contribution in [3.8, 4) is 0 Å². The van der Waals surface area contributed by atoms with Crippen LogP contribution in [0.1, 0.15) is 12.8 Å². The number of hydrogen-bond acceptors (Lipinski definition) is 9. The van der Waals surface area contributed by atoms with E-state index in [4.69, 9.17) is 0 Å². The first-order valence-electron chi connectivity index (χ1n) is 6.88. The van der Waals surface area contributed by atoms with E-state index in [0.717, 1.165) is 0 Å². The number of nitrogens with zero attached hydrogens (tertiary/aromatic N) is 5. The molecule has 0 spiro atoms. The van der Waals surface area contributed by atoms with Gasteiger partial charge in [-0.05, 0) is 28.7 Å². The minimum atomic E-state index is -1.37. The van der Waals surface area contributed by atoms with E-state index in [1.54, 1.807) is 11.7 Å². The molecule has 3 rings (SSSR count). The van der Waals surface area contributed by atoms with Crippen LogP contribution in [0, 0.1) is 5.41 Å². The van der Waals surface area contributed by atoms with Crippen molar-refractivity contribution in [3.63, 3.8) is 0 Å². The van der Waals surface area contributed by atoms with E-state index in [2.05, 4.69) is 15.5 Å². The zero-order chi connectivity index (χ0) is 16.6. The Labute approximate surface area is 168 Å². The Balaban J connectivity index is 0.00000208. The van der Waals surface area contributed by atoms with E-state index in [1.807, 2.05) is 0 Å². The summed E-state index contributed by atoms with van der Waals surface area (Å²) in [6, 6.07) is 0. The van der Waals surface area contributed by atoms with Crippen molar-refractivity contribution in [2.24, 2.45) is 12.5 Å². The molecule has 9 nitrogen and oxygen atoms in total. The largest absolute Gasteiger partial charge is 1.00 e. The maximum atomic E-state index is 12.4. The van der Waals surface area contributed by atoms with Gasteiger partial charge in [0, 0.05) is 12.8 Å². The molecule has 124 valence electrons. The summed E-state index contributed by atoms with van der Waals surface area (Å²) in [6.07, 6.45) is 1.15. The molecule has 1 aromatic rings. The number of carbonyl (C=O) groups is 2. The summed E-state index contributed by atoms with van der Waals surface area (Å²) in [4.78, 5) is 24.6. The number of amides is 1. The molecular weight excluding hydrogens is 365 g/mol. The zero-order valence-electron chi connectivity index (χ0n) is 13.2. The van der Waals surface area contributed by atoms with E-state index in [0.29, 0.717) is 23.8 Å². The van der Waals surface area contributed by atoms with Crippen molar-refractivity contribution in [2.75, 3.05) is 12.4 Å².